The van der Waals surface area contributed by atoms with Crippen LogP contribution >= 0.6 is 0 Å². The second-order valence-corrected chi connectivity index (χ2v) is 9.34. The second kappa shape index (κ2) is 9.14. The van der Waals surface area contributed by atoms with Crippen LogP contribution in [0.25, 0.3) is 22.4 Å². The molecule has 0 saturated heterocycles. The molecular weight excluding hydrogens is 431 g/mol. The summed E-state index contributed by atoms with van der Waals surface area (Å²) < 4.78 is 20.2. The first-order chi connectivity index (χ1) is 16.5. The second-order valence-electron chi connectivity index (χ2n) is 9.34. The van der Waals surface area contributed by atoms with E-state index < -0.39 is 0 Å². The lowest BCUT2D eigenvalue weighted by molar-refractivity contribution is -0.117. The van der Waals surface area contributed by atoms with Crippen LogP contribution in [0.5, 0.6) is 0 Å². The monoisotopic (exact) mass is 460 g/mol. The van der Waals surface area contributed by atoms with Gasteiger partial charge in [0.2, 0.25) is 5.91 Å². The summed E-state index contributed by atoms with van der Waals surface area (Å²) in [6.07, 6.45) is 6.32. The Kier molecular flexibility index (Phi) is 6.04. The van der Waals surface area contributed by atoms with Crippen molar-refractivity contribution in [3.8, 4) is 22.4 Å². The Morgan fingerprint density at radius 3 is 2.68 bits per heavy atom. The van der Waals surface area contributed by atoms with E-state index in [1.165, 1.54) is 6.33 Å². The van der Waals surface area contributed by atoms with E-state index in [9.17, 15) is 9.18 Å². The van der Waals surface area contributed by atoms with Gasteiger partial charge in [-0.3, -0.25) is 4.79 Å². The van der Waals surface area contributed by atoms with Gasteiger partial charge in [0, 0.05) is 31.2 Å². The summed E-state index contributed by atoms with van der Waals surface area (Å²) >= 11 is 0. The first kappa shape index (κ1) is 22.5. The summed E-state index contributed by atoms with van der Waals surface area (Å²) in [6.45, 7) is 2.57. The number of aromatic nitrogens is 2. The van der Waals surface area contributed by atoms with Crippen LogP contribution in [0.1, 0.15) is 37.7 Å². The fourth-order valence-electron chi connectivity index (χ4n) is 4.24. The van der Waals surface area contributed by atoms with Crippen LogP contribution in [0.15, 0.2) is 48.8 Å². The predicted molar refractivity (Wildman–Crippen MR) is 131 cm³/mol. The highest BCUT2D eigenvalue weighted by atomic mass is 19.1. The van der Waals surface area contributed by atoms with Gasteiger partial charge in [0.1, 0.15) is 18.0 Å². The molecule has 0 atom stereocenters. The number of ether oxygens (including phenoxy) is 1. The lowest BCUT2D eigenvalue weighted by Gasteiger charge is -2.16. The van der Waals surface area contributed by atoms with Crippen LogP contribution in [0, 0.1) is 18.7 Å². The Bertz CT molecular complexity index is 1220. The molecular formula is C27H29FN4O2. The van der Waals surface area contributed by atoms with Gasteiger partial charge in [-0.2, -0.15) is 0 Å². The summed E-state index contributed by atoms with van der Waals surface area (Å²) in [6, 6.07) is 13.2. The fraction of sp³-hybridized carbons (Fsp3) is 0.370. The summed E-state index contributed by atoms with van der Waals surface area (Å²) in [5, 5.41) is 6.12. The molecule has 176 valence electrons. The number of halogens is 1. The van der Waals surface area contributed by atoms with Gasteiger partial charge in [-0.25, -0.2) is 14.4 Å². The van der Waals surface area contributed by atoms with E-state index in [-0.39, 0.29) is 23.2 Å². The number of rotatable bonds is 9. The Balaban J connectivity index is 1.37. The van der Waals surface area contributed by atoms with E-state index in [2.05, 4.69) is 20.6 Å². The predicted octanol–water partition coefficient (Wildman–Crippen LogP) is 5.59. The van der Waals surface area contributed by atoms with Crippen LogP contribution in [-0.2, 0) is 9.53 Å². The molecule has 3 aromatic rings. The third kappa shape index (κ3) is 4.94. The van der Waals surface area contributed by atoms with Gasteiger partial charge in [-0.15, -0.1) is 0 Å². The SMILES string of the molecule is COC1(CCNc2cc(-c3cccc(-c4cc(NC(=O)C5CC5)ncn4)c3)c(C)cc2F)CC1. The Hall–Kier alpha value is -3.32. The molecule has 2 saturated carbocycles. The number of hydrogen-bond acceptors (Lipinski definition) is 5. The maximum atomic E-state index is 14.7. The molecule has 2 N–H and O–H groups in total. The number of amides is 1. The van der Waals surface area contributed by atoms with Crippen molar-refractivity contribution >= 4 is 17.4 Å². The first-order valence-corrected chi connectivity index (χ1v) is 11.8. The maximum Gasteiger partial charge on any atom is 0.228 e. The van der Waals surface area contributed by atoms with Gasteiger partial charge in [0.15, 0.2) is 0 Å². The van der Waals surface area contributed by atoms with Gasteiger partial charge in [0.25, 0.3) is 0 Å². The standard InChI is InChI=1S/C27H29FN4O2/c1-17-12-22(28)24(29-11-10-27(34-2)8-9-27)14-21(17)19-4-3-5-20(13-19)23-15-25(31-16-30-23)32-26(33)18-6-7-18/h3-5,12-16,18,29H,6-11H2,1-2H3,(H,30,31,32,33). The normalized spacial score (nSPS) is 16.2. The van der Waals surface area contributed by atoms with Gasteiger partial charge in [0.05, 0.1) is 17.0 Å². The van der Waals surface area contributed by atoms with Crippen LogP contribution in [-0.4, -0.2) is 35.1 Å². The molecule has 34 heavy (non-hydrogen) atoms. The molecule has 1 aromatic heterocycles. The maximum absolute atomic E-state index is 14.7. The average Bonchev–Trinajstić information content (AvgIpc) is 3.76. The summed E-state index contributed by atoms with van der Waals surface area (Å²) in [5.74, 6) is 0.363. The van der Waals surface area contributed by atoms with Crippen molar-refractivity contribution in [1.29, 1.82) is 0 Å². The molecule has 0 bridgehead atoms. The number of benzene rings is 2. The van der Waals surface area contributed by atoms with Crippen molar-refractivity contribution in [3.05, 3.63) is 60.2 Å². The number of nitrogens with zero attached hydrogens (tertiary/aromatic N) is 2. The fourth-order valence-corrected chi connectivity index (χ4v) is 4.24. The molecule has 5 rings (SSSR count). The van der Waals surface area contributed by atoms with E-state index >= 15 is 0 Å². The van der Waals surface area contributed by atoms with Gasteiger partial charge in [-0.1, -0.05) is 18.2 Å². The minimum Gasteiger partial charge on any atom is -0.383 e. The van der Waals surface area contributed by atoms with Gasteiger partial charge >= 0.3 is 0 Å². The zero-order chi connectivity index (χ0) is 23.7. The number of hydrogen-bond donors (Lipinski definition) is 2. The molecule has 2 aromatic carbocycles. The highest BCUT2D eigenvalue weighted by Crippen LogP contribution is 2.42. The third-order valence-corrected chi connectivity index (χ3v) is 6.79. The number of anilines is 2. The molecule has 0 unspecified atom stereocenters. The van der Waals surface area contributed by atoms with Crippen molar-refractivity contribution in [2.45, 2.75) is 44.6 Å². The summed E-state index contributed by atoms with van der Waals surface area (Å²) in [4.78, 5) is 20.7. The minimum atomic E-state index is -0.258. The van der Waals surface area contributed by atoms with Crippen molar-refractivity contribution in [2.75, 3.05) is 24.3 Å². The van der Waals surface area contributed by atoms with E-state index in [1.54, 1.807) is 19.2 Å². The number of aryl methyl sites for hydroxylation is 1. The van der Waals surface area contributed by atoms with E-state index in [0.29, 0.717) is 18.1 Å². The van der Waals surface area contributed by atoms with E-state index in [1.807, 2.05) is 37.3 Å². The molecule has 1 heterocycles. The van der Waals surface area contributed by atoms with Crippen molar-refractivity contribution in [1.82, 2.24) is 9.97 Å². The van der Waals surface area contributed by atoms with E-state index in [4.69, 9.17) is 4.74 Å². The topological polar surface area (TPSA) is 76.1 Å². The Morgan fingerprint density at radius 1 is 1.15 bits per heavy atom. The van der Waals surface area contributed by atoms with Gasteiger partial charge in [-0.05, 0) is 73.9 Å². The minimum absolute atomic E-state index is 0.0125. The van der Waals surface area contributed by atoms with Crippen molar-refractivity contribution in [3.63, 3.8) is 0 Å². The zero-order valence-corrected chi connectivity index (χ0v) is 19.5. The number of methoxy groups -OCH3 is 1. The van der Waals surface area contributed by atoms with Gasteiger partial charge < -0.3 is 15.4 Å². The Labute approximate surface area is 199 Å². The van der Waals surface area contributed by atoms with E-state index in [0.717, 1.165) is 60.1 Å². The van der Waals surface area contributed by atoms with Crippen molar-refractivity contribution < 1.29 is 13.9 Å². The number of carbonyl (C=O) groups is 1. The molecule has 0 radical (unpaired) electrons. The van der Waals surface area contributed by atoms with Crippen LogP contribution in [0.3, 0.4) is 0 Å². The lowest BCUT2D eigenvalue weighted by atomic mass is 9.97. The lowest BCUT2D eigenvalue weighted by Crippen LogP contribution is -2.17. The average molecular weight is 461 g/mol. The van der Waals surface area contributed by atoms with Crippen LogP contribution in [0.2, 0.25) is 0 Å². The quantitative estimate of drug-likeness (QED) is 0.435. The highest BCUT2D eigenvalue weighted by Gasteiger charge is 2.42. The number of carbonyl (C=O) groups excluding carboxylic acids is 1. The molecule has 2 aliphatic rings. The van der Waals surface area contributed by atoms with Crippen molar-refractivity contribution in [2.24, 2.45) is 5.92 Å². The molecule has 0 spiro atoms. The molecule has 7 heteroatoms. The molecule has 2 fully saturated rings. The highest BCUT2D eigenvalue weighted by molar-refractivity contribution is 5.93. The van der Waals surface area contributed by atoms with Crippen LogP contribution < -0.4 is 10.6 Å². The third-order valence-electron chi connectivity index (χ3n) is 6.79. The zero-order valence-electron chi connectivity index (χ0n) is 19.5. The smallest absolute Gasteiger partial charge is 0.228 e. The Morgan fingerprint density at radius 2 is 1.94 bits per heavy atom. The summed E-state index contributed by atoms with van der Waals surface area (Å²) in [5.41, 5.74) is 4.86. The molecule has 2 aliphatic carbocycles. The molecule has 6 nitrogen and oxygen atoms in total. The molecule has 1 amide bonds. The first-order valence-electron chi connectivity index (χ1n) is 11.8. The summed E-state index contributed by atoms with van der Waals surface area (Å²) in [7, 11) is 1.74. The molecule has 0 aliphatic heterocycles. The number of nitrogens with one attached hydrogen (secondary N) is 2. The van der Waals surface area contributed by atoms with Crippen LogP contribution in [0.4, 0.5) is 15.9 Å². The largest absolute Gasteiger partial charge is 0.383 e.